The Morgan fingerprint density at radius 3 is 1.31 bits per heavy atom. The van der Waals surface area contributed by atoms with E-state index in [0.29, 0.717) is 11.5 Å². The van der Waals surface area contributed by atoms with E-state index in [1.807, 2.05) is 0 Å². The highest BCUT2D eigenvalue weighted by Gasteiger charge is 2.59. The summed E-state index contributed by atoms with van der Waals surface area (Å²) in [7, 11) is 3.16. The van der Waals surface area contributed by atoms with Crippen LogP contribution in [0.15, 0.2) is 48.5 Å². The van der Waals surface area contributed by atoms with Gasteiger partial charge in [-0.25, -0.2) is 0 Å². The van der Waals surface area contributed by atoms with Crippen LogP contribution in [0.5, 0.6) is 11.5 Å². The number of methoxy groups -OCH3 is 2. The quantitative estimate of drug-likeness (QED) is 0.787. The summed E-state index contributed by atoms with van der Waals surface area (Å²) in [6.45, 7) is 0. The highest BCUT2D eigenvalue weighted by Crippen LogP contribution is 2.51. The van der Waals surface area contributed by atoms with Crippen molar-refractivity contribution in [3.63, 3.8) is 0 Å². The Kier molecular flexibility index (Phi) is 4.03. The predicted molar refractivity (Wildman–Crippen MR) is 90.6 cm³/mol. The molecule has 4 atom stereocenters. The number of fused-ring (bicyclic) bond motifs is 1. The smallest absolute Gasteiger partial charge is 0.314 e. The fraction of sp³-hybridized carbons (Fsp3) is 0.300. The minimum absolute atomic E-state index is 0.414. The van der Waals surface area contributed by atoms with Gasteiger partial charge in [0.05, 0.1) is 14.2 Å². The molecule has 0 unspecified atom stereocenters. The number of carbonyl (C=O) groups is 2. The van der Waals surface area contributed by atoms with E-state index in [-0.39, 0.29) is 0 Å². The molecule has 2 heterocycles. The van der Waals surface area contributed by atoms with Gasteiger partial charge >= 0.3 is 11.9 Å². The van der Waals surface area contributed by atoms with E-state index in [0.717, 1.165) is 11.1 Å². The Labute approximate surface area is 150 Å². The second kappa shape index (κ2) is 6.37. The molecule has 2 aliphatic heterocycles. The van der Waals surface area contributed by atoms with Crippen molar-refractivity contribution in [2.24, 2.45) is 11.8 Å². The SMILES string of the molecule is COc1ccc([C@@H]2OC(=O)[C@H]3[C@@H]2C(=O)O[C@H]3c2ccc(OC)cc2)cc1. The Balaban J connectivity index is 1.63. The molecule has 0 radical (unpaired) electrons. The molecule has 2 aliphatic rings. The largest absolute Gasteiger partial charge is 0.497 e. The van der Waals surface area contributed by atoms with Crippen molar-refractivity contribution >= 4 is 11.9 Å². The maximum atomic E-state index is 12.5. The Morgan fingerprint density at radius 1 is 0.654 bits per heavy atom. The van der Waals surface area contributed by atoms with Crippen LogP contribution in [0.4, 0.5) is 0 Å². The lowest BCUT2D eigenvalue weighted by Crippen LogP contribution is -2.19. The normalized spacial score (nSPS) is 26.8. The van der Waals surface area contributed by atoms with E-state index in [1.165, 1.54) is 0 Å². The molecular formula is C20H18O6. The van der Waals surface area contributed by atoms with Gasteiger partial charge < -0.3 is 18.9 Å². The van der Waals surface area contributed by atoms with Gasteiger partial charge in [-0.3, -0.25) is 9.59 Å². The van der Waals surface area contributed by atoms with Crippen molar-refractivity contribution < 1.29 is 28.5 Å². The van der Waals surface area contributed by atoms with Gasteiger partial charge in [0.15, 0.2) is 0 Å². The summed E-state index contributed by atoms with van der Waals surface area (Å²) in [5, 5.41) is 0. The minimum atomic E-state index is -0.650. The predicted octanol–water partition coefficient (Wildman–Crippen LogP) is 2.83. The maximum Gasteiger partial charge on any atom is 0.314 e. The lowest BCUT2D eigenvalue weighted by molar-refractivity contribution is -0.154. The summed E-state index contributed by atoms with van der Waals surface area (Å²) in [5.74, 6) is -0.740. The first-order valence-electron chi connectivity index (χ1n) is 8.31. The van der Waals surface area contributed by atoms with Crippen molar-refractivity contribution in [1.29, 1.82) is 0 Å². The second-order valence-corrected chi connectivity index (χ2v) is 6.31. The summed E-state index contributed by atoms with van der Waals surface area (Å²) in [5.41, 5.74) is 1.50. The van der Waals surface area contributed by atoms with Crippen LogP contribution in [0.3, 0.4) is 0 Å². The summed E-state index contributed by atoms with van der Waals surface area (Å²) in [6.07, 6.45) is -1.29. The van der Waals surface area contributed by atoms with Crippen LogP contribution in [0.1, 0.15) is 23.3 Å². The first-order valence-corrected chi connectivity index (χ1v) is 8.31. The first kappa shape index (κ1) is 16.4. The molecule has 26 heavy (non-hydrogen) atoms. The Bertz CT molecular complexity index is 755. The average molecular weight is 354 g/mol. The molecule has 2 aromatic carbocycles. The van der Waals surface area contributed by atoms with E-state index in [4.69, 9.17) is 18.9 Å². The van der Waals surface area contributed by atoms with Crippen LogP contribution in [-0.4, -0.2) is 26.2 Å². The van der Waals surface area contributed by atoms with Crippen LogP contribution in [0.25, 0.3) is 0 Å². The first-order chi connectivity index (χ1) is 12.6. The molecule has 134 valence electrons. The fourth-order valence-corrected chi connectivity index (χ4v) is 3.61. The molecule has 0 spiro atoms. The van der Waals surface area contributed by atoms with Gasteiger partial charge in [0.2, 0.25) is 0 Å². The van der Waals surface area contributed by atoms with Crippen LogP contribution >= 0.6 is 0 Å². The molecule has 0 aliphatic carbocycles. The van der Waals surface area contributed by atoms with E-state index in [2.05, 4.69) is 0 Å². The molecule has 6 heteroatoms. The third-order valence-corrected chi connectivity index (χ3v) is 4.96. The Hall–Kier alpha value is -3.02. The van der Waals surface area contributed by atoms with Gasteiger partial charge in [0.1, 0.15) is 35.5 Å². The molecule has 0 aromatic heterocycles. The van der Waals surface area contributed by atoms with Crippen LogP contribution in [0.2, 0.25) is 0 Å². The maximum absolute atomic E-state index is 12.5. The number of cyclic esters (lactones) is 2. The van der Waals surface area contributed by atoms with Crippen molar-refractivity contribution in [3.8, 4) is 11.5 Å². The number of hydrogen-bond donors (Lipinski definition) is 0. The standard InChI is InChI=1S/C20H18O6/c1-23-13-7-3-11(4-8-13)17-15-16(20(22)25-17)18(26-19(15)21)12-5-9-14(24-2)10-6-12/h3-10,15-18H,1-2H3/t15-,16-,17-,18-/m0/s1. The molecule has 0 amide bonds. The topological polar surface area (TPSA) is 71.1 Å². The zero-order chi connectivity index (χ0) is 18.3. The van der Waals surface area contributed by atoms with Crippen LogP contribution in [0, 0.1) is 11.8 Å². The van der Waals surface area contributed by atoms with E-state index < -0.39 is 36.0 Å². The Morgan fingerprint density at radius 2 is 1.00 bits per heavy atom. The van der Waals surface area contributed by atoms with Crippen LogP contribution < -0.4 is 9.47 Å². The third kappa shape index (κ3) is 2.58. The van der Waals surface area contributed by atoms with Crippen molar-refractivity contribution in [3.05, 3.63) is 59.7 Å². The van der Waals surface area contributed by atoms with Gasteiger partial charge in [0.25, 0.3) is 0 Å². The minimum Gasteiger partial charge on any atom is -0.497 e. The third-order valence-electron chi connectivity index (χ3n) is 4.96. The van der Waals surface area contributed by atoms with Crippen LogP contribution in [-0.2, 0) is 19.1 Å². The molecular weight excluding hydrogens is 336 g/mol. The van der Waals surface area contributed by atoms with Crippen molar-refractivity contribution in [1.82, 2.24) is 0 Å². The number of hydrogen-bond acceptors (Lipinski definition) is 6. The van der Waals surface area contributed by atoms with Gasteiger partial charge in [0, 0.05) is 0 Å². The van der Waals surface area contributed by atoms with Crippen molar-refractivity contribution in [2.45, 2.75) is 12.2 Å². The van der Waals surface area contributed by atoms with Gasteiger partial charge in [-0.15, -0.1) is 0 Å². The zero-order valence-electron chi connectivity index (χ0n) is 14.4. The molecule has 2 aromatic rings. The molecule has 2 saturated heterocycles. The number of benzene rings is 2. The molecule has 4 rings (SSSR count). The zero-order valence-corrected chi connectivity index (χ0v) is 14.4. The highest BCUT2D eigenvalue weighted by molar-refractivity contribution is 5.89. The summed E-state index contributed by atoms with van der Waals surface area (Å²) in [4.78, 5) is 25.0. The number of ether oxygens (including phenoxy) is 4. The monoisotopic (exact) mass is 354 g/mol. The van der Waals surface area contributed by atoms with E-state index >= 15 is 0 Å². The molecule has 0 N–H and O–H groups in total. The summed E-state index contributed by atoms with van der Waals surface area (Å²) in [6, 6.07) is 14.3. The highest BCUT2D eigenvalue weighted by atomic mass is 16.6. The number of rotatable bonds is 4. The molecule has 0 bridgehead atoms. The van der Waals surface area contributed by atoms with E-state index in [1.54, 1.807) is 62.8 Å². The molecule has 6 nitrogen and oxygen atoms in total. The summed E-state index contributed by atoms with van der Waals surface area (Å²) < 4.78 is 21.4. The molecule has 2 fully saturated rings. The average Bonchev–Trinajstić information content (AvgIpc) is 3.21. The number of carbonyl (C=O) groups excluding carboxylic acids is 2. The number of esters is 2. The van der Waals surface area contributed by atoms with Crippen molar-refractivity contribution in [2.75, 3.05) is 14.2 Å². The lowest BCUT2D eigenvalue weighted by atomic mass is 9.84. The van der Waals surface area contributed by atoms with Gasteiger partial charge in [-0.05, 0) is 35.4 Å². The van der Waals surface area contributed by atoms with E-state index in [9.17, 15) is 9.59 Å². The second-order valence-electron chi connectivity index (χ2n) is 6.31. The van der Waals surface area contributed by atoms with Gasteiger partial charge in [-0.2, -0.15) is 0 Å². The van der Waals surface area contributed by atoms with Gasteiger partial charge in [-0.1, -0.05) is 24.3 Å². The molecule has 0 saturated carbocycles. The fourth-order valence-electron chi connectivity index (χ4n) is 3.61. The summed E-state index contributed by atoms with van der Waals surface area (Å²) >= 11 is 0. The lowest BCUT2D eigenvalue weighted by Gasteiger charge is -2.15.